The molecular formula is C21H24IN3O3. The zero-order chi connectivity index (χ0) is 19.9. The maximum atomic E-state index is 12.9. The van der Waals surface area contributed by atoms with Gasteiger partial charge in [-0.05, 0) is 66.6 Å². The molecule has 28 heavy (non-hydrogen) atoms. The van der Waals surface area contributed by atoms with E-state index in [2.05, 4.69) is 51.8 Å². The van der Waals surface area contributed by atoms with Crippen LogP contribution >= 0.6 is 22.6 Å². The summed E-state index contributed by atoms with van der Waals surface area (Å²) in [5.74, 6) is -0.112. The first-order valence-electron chi connectivity index (χ1n) is 9.54. The molecule has 0 radical (unpaired) electrons. The second kappa shape index (κ2) is 9.97. The Balaban J connectivity index is 1.55. The molecule has 3 rings (SSSR count). The van der Waals surface area contributed by atoms with E-state index in [9.17, 15) is 14.9 Å². The van der Waals surface area contributed by atoms with Crippen LogP contribution in [0.15, 0.2) is 48.5 Å². The van der Waals surface area contributed by atoms with Crippen LogP contribution in [0.2, 0.25) is 0 Å². The number of aryl methyl sites for hydroxylation is 1. The van der Waals surface area contributed by atoms with E-state index in [0.29, 0.717) is 18.7 Å². The average molecular weight is 493 g/mol. The standard InChI is InChI=1S/C21H24IN3O3/c22-20-10-9-18(25(27)28)16-19(20)21(26)24-13-5-12-23(14-15-24)11-4-8-17-6-2-1-3-7-17/h1-3,6-7,9-10,16H,4-5,8,11-15H2. The summed E-state index contributed by atoms with van der Waals surface area (Å²) in [5.41, 5.74) is 1.74. The summed E-state index contributed by atoms with van der Waals surface area (Å²) in [4.78, 5) is 27.8. The maximum Gasteiger partial charge on any atom is 0.270 e. The molecule has 0 atom stereocenters. The van der Waals surface area contributed by atoms with Gasteiger partial charge in [-0.2, -0.15) is 0 Å². The van der Waals surface area contributed by atoms with E-state index in [4.69, 9.17) is 0 Å². The van der Waals surface area contributed by atoms with Gasteiger partial charge in [-0.3, -0.25) is 14.9 Å². The fraction of sp³-hybridized carbons (Fsp3) is 0.381. The molecule has 1 fully saturated rings. The Bertz CT molecular complexity index is 829. The quantitative estimate of drug-likeness (QED) is 0.347. The first-order chi connectivity index (χ1) is 13.5. The highest BCUT2D eigenvalue weighted by atomic mass is 127. The van der Waals surface area contributed by atoms with Crippen LogP contribution in [0.5, 0.6) is 0 Å². The maximum absolute atomic E-state index is 12.9. The number of hydrogen-bond acceptors (Lipinski definition) is 4. The van der Waals surface area contributed by atoms with E-state index >= 15 is 0 Å². The number of nitro groups is 1. The van der Waals surface area contributed by atoms with E-state index in [1.807, 2.05) is 11.0 Å². The predicted molar refractivity (Wildman–Crippen MR) is 118 cm³/mol. The Morgan fingerprint density at radius 3 is 2.61 bits per heavy atom. The molecule has 0 N–H and O–H groups in total. The van der Waals surface area contributed by atoms with E-state index < -0.39 is 4.92 Å². The molecule has 1 heterocycles. The molecule has 2 aromatic carbocycles. The fourth-order valence-corrected chi connectivity index (χ4v) is 4.08. The molecule has 0 unspecified atom stereocenters. The minimum absolute atomic E-state index is 0.0406. The Labute approximate surface area is 178 Å². The monoisotopic (exact) mass is 493 g/mol. The minimum atomic E-state index is -0.455. The van der Waals surface area contributed by atoms with Crippen LogP contribution in [0.25, 0.3) is 0 Å². The van der Waals surface area contributed by atoms with Crippen molar-refractivity contribution in [1.29, 1.82) is 0 Å². The highest BCUT2D eigenvalue weighted by Crippen LogP contribution is 2.21. The van der Waals surface area contributed by atoms with E-state index in [1.54, 1.807) is 6.07 Å². The third-order valence-corrected chi connectivity index (χ3v) is 5.99. The van der Waals surface area contributed by atoms with Crippen molar-refractivity contribution >= 4 is 34.2 Å². The SMILES string of the molecule is O=C(c1cc([N+](=O)[O-])ccc1I)N1CCCN(CCCc2ccccc2)CC1. The number of carbonyl (C=O) groups excluding carboxylic acids is 1. The van der Waals surface area contributed by atoms with Gasteiger partial charge in [0, 0.05) is 35.3 Å². The highest BCUT2D eigenvalue weighted by Gasteiger charge is 2.23. The lowest BCUT2D eigenvalue weighted by Crippen LogP contribution is -2.35. The van der Waals surface area contributed by atoms with Crippen LogP contribution in [-0.4, -0.2) is 53.4 Å². The number of halogens is 1. The molecule has 0 saturated carbocycles. The van der Waals surface area contributed by atoms with Gasteiger partial charge in [0.05, 0.1) is 10.5 Å². The van der Waals surface area contributed by atoms with Crippen LogP contribution in [0.3, 0.4) is 0 Å². The van der Waals surface area contributed by atoms with Gasteiger partial charge in [0.25, 0.3) is 11.6 Å². The zero-order valence-electron chi connectivity index (χ0n) is 15.7. The van der Waals surface area contributed by atoms with Gasteiger partial charge in [0.1, 0.15) is 0 Å². The van der Waals surface area contributed by atoms with Crippen molar-refractivity contribution in [3.05, 3.63) is 73.3 Å². The average Bonchev–Trinajstić information content (AvgIpc) is 2.94. The third-order valence-electron chi connectivity index (χ3n) is 5.05. The molecule has 0 bridgehead atoms. The van der Waals surface area contributed by atoms with Crippen LogP contribution < -0.4 is 0 Å². The van der Waals surface area contributed by atoms with Gasteiger partial charge in [0.15, 0.2) is 0 Å². The summed E-state index contributed by atoms with van der Waals surface area (Å²) in [7, 11) is 0. The summed E-state index contributed by atoms with van der Waals surface area (Å²) >= 11 is 2.07. The van der Waals surface area contributed by atoms with Gasteiger partial charge in [0.2, 0.25) is 0 Å². The predicted octanol–water partition coefficient (Wildman–Crippen LogP) is 3.98. The van der Waals surface area contributed by atoms with Crippen molar-refractivity contribution in [3.63, 3.8) is 0 Å². The van der Waals surface area contributed by atoms with E-state index in [-0.39, 0.29) is 11.6 Å². The molecular weight excluding hydrogens is 469 g/mol. The molecule has 1 aliphatic heterocycles. The van der Waals surface area contributed by atoms with Crippen molar-refractivity contribution in [2.45, 2.75) is 19.3 Å². The Morgan fingerprint density at radius 1 is 1.07 bits per heavy atom. The first kappa shape index (κ1) is 20.7. The minimum Gasteiger partial charge on any atom is -0.337 e. The van der Waals surface area contributed by atoms with Gasteiger partial charge >= 0.3 is 0 Å². The molecule has 148 valence electrons. The number of hydrogen-bond donors (Lipinski definition) is 0. The van der Waals surface area contributed by atoms with Crippen molar-refractivity contribution in [2.75, 3.05) is 32.7 Å². The summed E-state index contributed by atoms with van der Waals surface area (Å²) < 4.78 is 0.747. The van der Waals surface area contributed by atoms with Crippen LogP contribution in [0.1, 0.15) is 28.8 Å². The van der Waals surface area contributed by atoms with Gasteiger partial charge in [-0.25, -0.2) is 0 Å². The van der Waals surface area contributed by atoms with Crippen molar-refractivity contribution in [2.24, 2.45) is 0 Å². The van der Waals surface area contributed by atoms with Crippen LogP contribution in [0.4, 0.5) is 5.69 Å². The molecule has 1 saturated heterocycles. The Hall–Kier alpha value is -2.00. The number of benzene rings is 2. The second-order valence-electron chi connectivity index (χ2n) is 7.00. The normalized spacial score (nSPS) is 15.2. The third kappa shape index (κ3) is 5.51. The van der Waals surface area contributed by atoms with E-state index in [1.165, 1.54) is 17.7 Å². The highest BCUT2D eigenvalue weighted by molar-refractivity contribution is 14.1. The largest absolute Gasteiger partial charge is 0.337 e. The second-order valence-corrected chi connectivity index (χ2v) is 8.16. The zero-order valence-corrected chi connectivity index (χ0v) is 17.9. The molecule has 1 amide bonds. The number of non-ortho nitro benzene ring substituents is 1. The van der Waals surface area contributed by atoms with Crippen molar-refractivity contribution in [1.82, 2.24) is 9.80 Å². The number of nitrogens with zero attached hydrogens (tertiary/aromatic N) is 3. The Kier molecular flexibility index (Phi) is 7.38. The molecule has 0 aromatic heterocycles. The van der Waals surface area contributed by atoms with Crippen molar-refractivity contribution < 1.29 is 9.72 Å². The smallest absolute Gasteiger partial charge is 0.270 e. The summed E-state index contributed by atoms with van der Waals surface area (Å²) in [6.07, 6.45) is 3.08. The lowest BCUT2D eigenvalue weighted by Gasteiger charge is -2.22. The number of amides is 1. The molecule has 7 heteroatoms. The van der Waals surface area contributed by atoms with Crippen LogP contribution in [-0.2, 0) is 6.42 Å². The lowest BCUT2D eigenvalue weighted by atomic mass is 10.1. The van der Waals surface area contributed by atoms with Gasteiger partial charge < -0.3 is 9.80 Å². The molecule has 2 aromatic rings. The number of nitro benzene ring substituents is 1. The number of rotatable bonds is 6. The first-order valence-corrected chi connectivity index (χ1v) is 10.6. The molecule has 6 nitrogen and oxygen atoms in total. The lowest BCUT2D eigenvalue weighted by molar-refractivity contribution is -0.384. The summed E-state index contributed by atoms with van der Waals surface area (Å²) in [5, 5.41) is 11.0. The van der Waals surface area contributed by atoms with Gasteiger partial charge in [-0.15, -0.1) is 0 Å². The van der Waals surface area contributed by atoms with Crippen LogP contribution in [0, 0.1) is 13.7 Å². The van der Waals surface area contributed by atoms with Crippen molar-refractivity contribution in [3.8, 4) is 0 Å². The summed E-state index contributed by atoms with van der Waals surface area (Å²) in [6.45, 7) is 4.18. The molecule has 1 aliphatic rings. The summed E-state index contributed by atoms with van der Waals surface area (Å²) in [6, 6.07) is 15.0. The molecule has 0 spiro atoms. The number of carbonyl (C=O) groups is 1. The fourth-order valence-electron chi connectivity index (χ4n) is 3.51. The van der Waals surface area contributed by atoms with E-state index in [0.717, 1.165) is 42.5 Å². The topological polar surface area (TPSA) is 66.7 Å². The Morgan fingerprint density at radius 2 is 1.86 bits per heavy atom. The van der Waals surface area contributed by atoms with Gasteiger partial charge in [-0.1, -0.05) is 30.3 Å². The molecule has 0 aliphatic carbocycles.